The van der Waals surface area contributed by atoms with Crippen molar-refractivity contribution in [3.8, 4) is 0 Å². The minimum absolute atomic E-state index is 0.165. The summed E-state index contributed by atoms with van der Waals surface area (Å²) in [6.07, 6.45) is 3.31. The molecule has 2 heterocycles. The maximum atomic E-state index is 5.76. The highest BCUT2D eigenvalue weighted by Crippen LogP contribution is 2.25. The Labute approximate surface area is 107 Å². The molecule has 1 atom stereocenters. The van der Waals surface area contributed by atoms with Crippen LogP contribution < -0.4 is 5.32 Å². The van der Waals surface area contributed by atoms with E-state index in [1.165, 1.54) is 11.3 Å². The quantitative estimate of drug-likeness (QED) is 0.812. The van der Waals surface area contributed by atoms with E-state index in [1.807, 2.05) is 6.20 Å². The van der Waals surface area contributed by atoms with Crippen molar-refractivity contribution in [1.29, 1.82) is 0 Å². The summed E-state index contributed by atoms with van der Waals surface area (Å²) < 4.78 is 5.76. The van der Waals surface area contributed by atoms with Gasteiger partial charge in [-0.25, -0.2) is 4.98 Å². The molecule has 1 fully saturated rings. The normalized spacial score (nSPS) is 21.9. The van der Waals surface area contributed by atoms with Crippen LogP contribution in [0.1, 0.15) is 29.3 Å². The molecule has 0 amide bonds. The maximum absolute atomic E-state index is 5.76. The standard InChI is InChI=1S/C12H21N3OS/c1-3-4-13-7-10-8-14-12(17-10)11-9-15(2)5-6-16-11/h8,11,13H,3-7,9H2,1-2H3. The summed E-state index contributed by atoms with van der Waals surface area (Å²) in [6, 6.07) is 0. The Hall–Kier alpha value is -0.490. The number of thiazole rings is 1. The Morgan fingerprint density at radius 2 is 2.53 bits per heavy atom. The van der Waals surface area contributed by atoms with Gasteiger partial charge < -0.3 is 15.0 Å². The third-order valence-corrected chi connectivity index (χ3v) is 3.93. The molecule has 0 aliphatic carbocycles. The van der Waals surface area contributed by atoms with Crippen LogP contribution in [0.3, 0.4) is 0 Å². The molecular weight excluding hydrogens is 234 g/mol. The summed E-state index contributed by atoms with van der Waals surface area (Å²) in [4.78, 5) is 8.07. The molecule has 1 aromatic heterocycles. The van der Waals surface area contributed by atoms with E-state index in [9.17, 15) is 0 Å². The number of likely N-dealkylation sites (N-methyl/N-ethyl adjacent to an activating group) is 1. The van der Waals surface area contributed by atoms with Crippen molar-refractivity contribution in [3.63, 3.8) is 0 Å². The highest BCUT2D eigenvalue weighted by Gasteiger charge is 2.22. The number of aromatic nitrogens is 1. The van der Waals surface area contributed by atoms with Gasteiger partial charge in [-0.05, 0) is 20.0 Å². The predicted octanol–water partition coefficient (Wildman–Crippen LogP) is 1.65. The van der Waals surface area contributed by atoms with Crippen molar-refractivity contribution < 1.29 is 4.74 Å². The summed E-state index contributed by atoms with van der Waals surface area (Å²) in [5, 5.41) is 4.51. The molecule has 1 N–H and O–H groups in total. The first-order chi connectivity index (χ1) is 8.29. The van der Waals surface area contributed by atoms with Crippen LogP contribution in [0, 0.1) is 0 Å². The van der Waals surface area contributed by atoms with E-state index in [0.29, 0.717) is 0 Å². The number of hydrogen-bond donors (Lipinski definition) is 1. The van der Waals surface area contributed by atoms with Crippen molar-refractivity contribution in [1.82, 2.24) is 15.2 Å². The number of ether oxygens (including phenoxy) is 1. The Balaban J connectivity index is 1.88. The van der Waals surface area contributed by atoms with Crippen LogP contribution in [-0.2, 0) is 11.3 Å². The molecule has 1 aliphatic rings. The van der Waals surface area contributed by atoms with Gasteiger partial charge in [-0.1, -0.05) is 6.92 Å². The van der Waals surface area contributed by atoms with Crippen molar-refractivity contribution >= 4 is 11.3 Å². The van der Waals surface area contributed by atoms with Gasteiger partial charge in [0.1, 0.15) is 11.1 Å². The molecule has 0 aromatic carbocycles. The first kappa shape index (κ1) is 13.0. The SMILES string of the molecule is CCCNCc1cnc(C2CN(C)CCO2)s1. The minimum atomic E-state index is 0.165. The average Bonchev–Trinajstić information content (AvgIpc) is 2.78. The van der Waals surface area contributed by atoms with E-state index < -0.39 is 0 Å². The van der Waals surface area contributed by atoms with Crippen LogP contribution >= 0.6 is 11.3 Å². The number of hydrogen-bond acceptors (Lipinski definition) is 5. The summed E-state index contributed by atoms with van der Waals surface area (Å²) >= 11 is 1.77. The zero-order valence-corrected chi connectivity index (χ0v) is 11.4. The zero-order chi connectivity index (χ0) is 12.1. The highest BCUT2D eigenvalue weighted by atomic mass is 32.1. The molecule has 0 radical (unpaired) electrons. The summed E-state index contributed by atoms with van der Waals surface area (Å²) in [7, 11) is 2.13. The van der Waals surface area contributed by atoms with Gasteiger partial charge in [-0.15, -0.1) is 11.3 Å². The number of morpholine rings is 1. The molecule has 0 saturated carbocycles. The maximum Gasteiger partial charge on any atom is 0.123 e. The second-order valence-corrected chi connectivity index (χ2v) is 5.61. The highest BCUT2D eigenvalue weighted by molar-refractivity contribution is 7.11. The van der Waals surface area contributed by atoms with Crippen LogP contribution in [0.5, 0.6) is 0 Å². The molecule has 0 spiro atoms. The molecule has 96 valence electrons. The molecule has 1 saturated heterocycles. The van der Waals surface area contributed by atoms with E-state index in [0.717, 1.165) is 37.8 Å². The van der Waals surface area contributed by atoms with Gasteiger partial charge in [0.05, 0.1) is 6.61 Å². The van der Waals surface area contributed by atoms with Gasteiger partial charge in [-0.3, -0.25) is 0 Å². The number of rotatable bonds is 5. The van der Waals surface area contributed by atoms with Gasteiger partial charge >= 0.3 is 0 Å². The number of nitrogens with one attached hydrogen (secondary N) is 1. The fourth-order valence-electron chi connectivity index (χ4n) is 1.87. The lowest BCUT2D eigenvalue weighted by molar-refractivity contribution is -0.0209. The molecule has 2 rings (SSSR count). The van der Waals surface area contributed by atoms with E-state index in [1.54, 1.807) is 11.3 Å². The fraction of sp³-hybridized carbons (Fsp3) is 0.750. The third kappa shape index (κ3) is 3.74. The molecule has 17 heavy (non-hydrogen) atoms. The smallest absolute Gasteiger partial charge is 0.123 e. The first-order valence-corrected chi connectivity index (χ1v) is 7.06. The van der Waals surface area contributed by atoms with Gasteiger partial charge in [0.2, 0.25) is 0 Å². The Morgan fingerprint density at radius 3 is 3.29 bits per heavy atom. The monoisotopic (exact) mass is 255 g/mol. The van der Waals surface area contributed by atoms with Crippen molar-refractivity contribution in [2.24, 2.45) is 0 Å². The van der Waals surface area contributed by atoms with Crippen molar-refractivity contribution in [2.75, 3.05) is 33.3 Å². The van der Waals surface area contributed by atoms with Crippen LogP contribution in [-0.4, -0.2) is 43.2 Å². The second-order valence-electron chi connectivity index (χ2n) is 4.46. The molecule has 0 bridgehead atoms. The van der Waals surface area contributed by atoms with Crippen LogP contribution in [0.2, 0.25) is 0 Å². The third-order valence-electron chi connectivity index (χ3n) is 2.84. The van der Waals surface area contributed by atoms with Gasteiger partial charge in [0.25, 0.3) is 0 Å². The molecule has 4 nitrogen and oxygen atoms in total. The van der Waals surface area contributed by atoms with Crippen LogP contribution in [0.4, 0.5) is 0 Å². The van der Waals surface area contributed by atoms with Gasteiger partial charge in [0.15, 0.2) is 0 Å². The Kier molecular flexibility index (Phi) is 4.91. The van der Waals surface area contributed by atoms with Crippen molar-refractivity contribution in [3.05, 3.63) is 16.1 Å². The fourth-order valence-corrected chi connectivity index (χ4v) is 2.80. The predicted molar refractivity (Wildman–Crippen MR) is 70.3 cm³/mol. The minimum Gasteiger partial charge on any atom is -0.368 e. The lowest BCUT2D eigenvalue weighted by Crippen LogP contribution is -2.35. The summed E-state index contributed by atoms with van der Waals surface area (Å²) in [5.74, 6) is 0. The lowest BCUT2D eigenvalue weighted by Gasteiger charge is -2.28. The first-order valence-electron chi connectivity index (χ1n) is 6.25. The number of nitrogens with zero attached hydrogens (tertiary/aromatic N) is 2. The lowest BCUT2D eigenvalue weighted by atomic mass is 10.3. The molecule has 5 heteroatoms. The molecule has 1 unspecified atom stereocenters. The molecular formula is C12H21N3OS. The van der Waals surface area contributed by atoms with Gasteiger partial charge in [-0.2, -0.15) is 0 Å². The van der Waals surface area contributed by atoms with Gasteiger partial charge in [0, 0.05) is 30.7 Å². The second kappa shape index (κ2) is 6.44. The van der Waals surface area contributed by atoms with Crippen LogP contribution in [0.25, 0.3) is 0 Å². The van der Waals surface area contributed by atoms with E-state index in [4.69, 9.17) is 4.74 Å². The Morgan fingerprint density at radius 1 is 1.65 bits per heavy atom. The Bertz CT molecular complexity index is 342. The van der Waals surface area contributed by atoms with Crippen LogP contribution in [0.15, 0.2) is 6.20 Å². The molecule has 1 aliphatic heterocycles. The average molecular weight is 255 g/mol. The van der Waals surface area contributed by atoms with E-state index in [-0.39, 0.29) is 6.10 Å². The topological polar surface area (TPSA) is 37.4 Å². The van der Waals surface area contributed by atoms with E-state index in [2.05, 4.69) is 29.2 Å². The van der Waals surface area contributed by atoms with Crippen molar-refractivity contribution in [2.45, 2.75) is 26.0 Å². The molecule has 1 aromatic rings. The largest absolute Gasteiger partial charge is 0.368 e. The van der Waals surface area contributed by atoms with E-state index >= 15 is 0 Å². The summed E-state index contributed by atoms with van der Waals surface area (Å²) in [6.45, 7) is 6.95. The zero-order valence-electron chi connectivity index (χ0n) is 10.6. The summed E-state index contributed by atoms with van der Waals surface area (Å²) in [5.41, 5.74) is 0.